The summed E-state index contributed by atoms with van der Waals surface area (Å²) in [4.78, 5) is 22.2. The van der Waals surface area contributed by atoms with Crippen LogP contribution in [0.15, 0.2) is 24.4 Å². The summed E-state index contributed by atoms with van der Waals surface area (Å²) in [7, 11) is 1.77. The number of ether oxygens (including phenoxy) is 3. The molecule has 36 heavy (non-hydrogen) atoms. The number of nitrogens with zero attached hydrogens (tertiary/aromatic N) is 3. The maximum Gasteiger partial charge on any atom is 0.229 e. The topological polar surface area (TPSA) is 76.2 Å². The molecule has 3 aliphatic heterocycles. The van der Waals surface area contributed by atoms with Crippen molar-refractivity contribution in [3.05, 3.63) is 29.4 Å². The van der Waals surface area contributed by atoms with Gasteiger partial charge in [-0.2, -0.15) is 0 Å². The van der Waals surface area contributed by atoms with Crippen LogP contribution < -0.4 is 10.2 Å². The summed E-state index contributed by atoms with van der Waals surface area (Å²) in [5.74, 6) is 0.744. The second-order valence-corrected chi connectivity index (χ2v) is 11.4. The SMILES string of the molecule is CO[C@@H]1COC[C@]1(C)N1CCN(c2cc3cc(NC(=O)[C@H]4CC45CCOCC5)ncc3cc2Cl)CC1. The lowest BCUT2D eigenvalue weighted by Crippen LogP contribution is -2.61. The zero-order valence-corrected chi connectivity index (χ0v) is 21.9. The summed E-state index contributed by atoms with van der Waals surface area (Å²) in [6.45, 7) is 8.68. The maximum absolute atomic E-state index is 12.9. The van der Waals surface area contributed by atoms with Crippen LogP contribution in [0.3, 0.4) is 0 Å². The van der Waals surface area contributed by atoms with Crippen molar-refractivity contribution in [2.24, 2.45) is 11.3 Å². The Hall–Kier alpha value is -1.97. The smallest absolute Gasteiger partial charge is 0.229 e. The van der Waals surface area contributed by atoms with Crippen LogP contribution in [0.2, 0.25) is 5.02 Å². The number of fused-ring (bicyclic) bond motifs is 1. The Balaban J connectivity index is 1.15. The molecule has 4 aliphatic rings. The van der Waals surface area contributed by atoms with Crippen molar-refractivity contribution in [3.8, 4) is 0 Å². The highest BCUT2D eigenvalue weighted by Gasteiger charge is 2.58. The number of anilines is 2. The molecule has 194 valence electrons. The third-order valence-electron chi connectivity index (χ3n) is 9.02. The number of pyridine rings is 1. The van der Waals surface area contributed by atoms with E-state index in [9.17, 15) is 4.79 Å². The highest BCUT2D eigenvalue weighted by Crippen LogP contribution is 2.59. The zero-order chi connectivity index (χ0) is 24.9. The zero-order valence-electron chi connectivity index (χ0n) is 21.1. The molecular formula is C27H35ClN4O4. The summed E-state index contributed by atoms with van der Waals surface area (Å²) >= 11 is 6.73. The molecule has 1 aromatic heterocycles. The minimum atomic E-state index is -0.0996. The number of methoxy groups -OCH3 is 1. The van der Waals surface area contributed by atoms with Crippen LogP contribution in [0, 0.1) is 11.3 Å². The van der Waals surface area contributed by atoms with E-state index in [0.717, 1.165) is 80.1 Å². The van der Waals surface area contributed by atoms with Crippen molar-refractivity contribution >= 4 is 39.8 Å². The van der Waals surface area contributed by atoms with Gasteiger partial charge in [-0.1, -0.05) is 11.6 Å². The van der Waals surface area contributed by atoms with E-state index in [1.807, 2.05) is 12.1 Å². The molecule has 1 spiro atoms. The lowest BCUT2D eigenvalue weighted by Gasteiger charge is -2.46. The summed E-state index contributed by atoms with van der Waals surface area (Å²) in [5.41, 5.74) is 1.07. The molecule has 4 heterocycles. The van der Waals surface area contributed by atoms with Crippen molar-refractivity contribution in [2.75, 3.05) is 69.9 Å². The van der Waals surface area contributed by atoms with E-state index in [4.69, 9.17) is 25.8 Å². The van der Waals surface area contributed by atoms with Gasteiger partial charge in [-0.05, 0) is 55.2 Å². The fourth-order valence-corrected chi connectivity index (χ4v) is 6.74. The molecule has 0 radical (unpaired) electrons. The van der Waals surface area contributed by atoms with Crippen molar-refractivity contribution in [3.63, 3.8) is 0 Å². The van der Waals surface area contributed by atoms with Gasteiger partial charge in [0.2, 0.25) is 5.91 Å². The molecule has 4 fully saturated rings. The highest BCUT2D eigenvalue weighted by atomic mass is 35.5. The fourth-order valence-electron chi connectivity index (χ4n) is 6.45. The lowest BCUT2D eigenvalue weighted by molar-refractivity contribution is -0.118. The van der Waals surface area contributed by atoms with Gasteiger partial charge < -0.3 is 24.4 Å². The van der Waals surface area contributed by atoms with Gasteiger partial charge in [0.05, 0.1) is 29.5 Å². The molecule has 3 atom stereocenters. The van der Waals surface area contributed by atoms with Crippen molar-refractivity contribution < 1.29 is 19.0 Å². The molecule has 1 aliphatic carbocycles. The summed E-state index contributed by atoms with van der Waals surface area (Å²) in [6, 6.07) is 6.06. The maximum atomic E-state index is 12.9. The summed E-state index contributed by atoms with van der Waals surface area (Å²) < 4.78 is 16.9. The largest absolute Gasteiger partial charge is 0.381 e. The Bertz CT molecular complexity index is 1150. The number of aromatic nitrogens is 1. The molecule has 6 rings (SSSR count). The summed E-state index contributed by atoms with van der Waals surface area (Å²) in [6.07, 6.45) is 4.79. The third-order valence-corrected chi connectivity index (χ3v) is 9.32. The number of hydrogen-bond acceptors (Lipinski definition) is 7. The van der Waals surface area contributed by atoms with Crippen LogP contribution in [0.1, 0.15) is 26.2 Å². The van der Waals surface area contributed by atoms with Gasteiger partial charge in [0.1, 0.15) is 11.9 Å². The molecule has 8 nitrogen and oxygen atoms in total. The number of benzene rings is 1. The number of amides is 1. The molecular weight excluding hydrogens is 480 g/mol. The quantitative estimate of drug-likeness (QED) is 0.653. The van der Waals surface area contributed by atoms with Gasteiger partial charge in [0.25, 0.3) is 0 Å². The van der Waals surface area contributed by atoms with Gasteiger partial charge >= 0.3 is 0 Å². The fraction of sp³-hybridized carbons (Fsp3) is 0.630. The minimum Gasteiger partial charge on any atom is -0.381 e. The average molecular weight is 515 g/mol. The van der Waals surface area contributed by atoms with Crippen molar-refractivity contribution in [1.29, 1.82) is 0 Å². The molecule has 0 bridgehead atoms. The Morgan fingerprint density at radius 1 is 1.14 bits per heavy atom. The predicted octanol–water partition coefficient (Wildman–Crippen LogP) is 3.57. The van der Waals surface area contributed by atoms with Crippen LogP contribution in [0.25, 0.3) is 10.8 Å². The molecule has 1 N–H and O–H groups in total. The van der Waals surface area contributed by atoms with E-state index >= 15 is 0 Å². The number of carbonyl (C=O) groups excluding carboxylic acids is 1. The number of hydrogen-bond donors (Lipinski definition) is 1. The standard InChI is InChI=1S/C27H35ClN4O4/c1-26(17-36-16-23(26)34-2)32-7-5-31(6-8-32)22-12-18-13-24(29-15-19(18)11-21(22)28)30-25(33)20-14-27(20)3-9-35-10-4-27/h11-13,15,20,23H,3-10,14,16-17H2,1-2H3,(H,29,30,33)/t20-,23-,26+/m1/s1. The number of carbonyl (C=O) groups is 1. The first-order valence-corrected chi connectivity index (χ1v) is 13.4. The van der Waals surface area contributed by atoms with E-state index in [-0.39, 0.29) is 28.9 Å². The second kappa shape index (κ2) is 9.40. The molecule has 1 amide bonds. The van der Waals surface area contributed by atoms with Crippen LogP contribution in [-0.2, 0) is 19.0 Å². The molecule has 1 saturated carbocycles. The second-order valence-electron chi connectivity index (χ2n) is 11.0. The van der Waals surface area contributed by atoms with Crippen LogP contribution in [-0.4, -0.2) is 87.2 Å². The van der Waals surface area contributed by atoms with E-state index < -0.39 is 0 Å². The first-order valence-electron chi connectivity index (χ1n) is 13.0. The molecule has 0 unspecified atom stereocenters. The highest BCUT2D eigenvalue weighted by molar-refractivity contribution is 6.34. The number of nitrogens with one attached hydrogen (secondary N) is 1. The van der Waals surface area contributed by atoms with Gasteiger partial charge in [0, 0.05) is 64.0 Å². The van der Waals surface area contributed by atoms with E-state index in [0.29, 0.717) is 19.0 Å². The molecule has 3 saturated heterocycles. The van der Waals surface area contributed by atoms with Crippen molar-refractivity contribution in [2.45, 2.75) is 37.8 Å². The Morgan fingerprint density at radius 2 is 1.92 bits per heavy atom. The van der Waals surface area contributed by atoms with E-state index in [1.165, 1.54) is 0 Å². The van der Waals surface area contributed by atoms with Gasteiger partial charge in [0.15, 0.2) is 0 Å². The Morgan fingerprint density at radius 3 is 2.67 bits per heavy atom. The first-order chi connectivity index (χ1) is 17.4. The molecule has 1 aromatic carbocycles. The Labute approximate surface area is 217 Å². The number of halogens is 1. The average Bonchev–Trinajstić information content (AvgIpc) is 3.44. The normalized spacial score (nSPS) is 30.1. The van der Waals surface area contributed by atoms with Crippen LogP contribution in [0.5, 0.6) is 0 Å². The van der Waals surface area contributed by atoms with Crippen molar-refractivity contribution in [1.82, 2.24) is 9.88 Å². The van der Waals surface area contributed by atoms with E-state index in [2.05, 4.69) is 33.1 Å². The van der Waals surface area contributed by atoms with E-state index in [1.54, 1.807) is 13.3 Å². The molecule has 9 heteroatoms. The monoisotopic (exact) mass is 514 g/mol. The van der Waals surface area contributed by atoms with Crippen LogP contribution >= 0.6 is 11.6 Å². The predicted molar refractivity (Wildman–Crippen MR) is 140 cm³/mol. The first kappa shape index (κ1) is 24.4. The minimum absolute atomic E-state index is 0.0702. The third kappa shape index (κ3) is 4.27. The number of rotatable bonds is 5. The number of piperazine rings is 1. The summed E-state index contributed by atoms with van der Waals surface area (Å²) in [5, 5.41) is 5.77. The van der Waals surface area contributed by atoms with Gasteiger partial charge in [-0.15, -0.1) is 0 Å². The molecule has 2 aromatic rings. The van der Waals surface area contributed by atoms with Crippen LogP contribution in [0.4, 0.5) is 11.5 Å². The lowest BCUT2D eigenvalue weighted by atomic mass is 9.93. The Kier molecular flexibility index (Phi) is 6.37. The van der Waals surface area contributed by atoms with Gasteiger partial charge in [-0.25, -0.2) is 4.98 Å². The van der Waals surface area contributed by atoms with Gasteiger partial charge in [-0.3, -0.25) is 9.69 Å².